The number of nitrogens with zero attached hydrogens (tertiary/aromatic N) is 1. The number of fused-ring (bicyclic) bond motifs is 1. The van der Waals surface area contributed by atoms with E-state index >= 15 is 0 Å². The average Bonchev–Trinajstić information content (AvgIpc) is 3.11. The van der Waals surface area contributed by atoms with Crippen LogP contribution < -0.4 is 10.1 Å². The first kappa shape index (κ1) is 22.7. The van der Waals surface area contributed by atoms with E-state index in [1.54, 1.807) is 36.4 Å². The third-order valence-electron chi connectivity index (χ3n) is 5.37. The maximum atomic E-state index is 12.7. The molecule has 1 N–H and O–H groups in total. The first-order chi connectivity index (χ1) is 16.5. The molecule has 0 spiro atoms. The van der Waals surface area contributed by atoms with Crippen molar-refractivity contribution in [1.82, 2.24) is 10.2 Å². The van der Waals surface area contributed by atoms with Crippen LogP contribution in [0.5, 0.6) is 5.75 Å². The fourth-order valence-corrected chi connectivity index (χ4v) is 3.63. The van der Waals surface area contributed by atoms with E-state index in [0.29, 0.717) is 23.2 Å². The second-order valence-electron chi connectivity index (χ2n) is 7.62. The summed E-state index contributed by atoms with van der Waals surface area (Å²) in [4.78, 5) is 51.2. The fourth-order valence-electron chi connectivity index (χ4n) is 3.63. The molecule has 8 nitrogen and oxygen atoms in total. The Morgan fingerprint density at radius 3 is 2.15 bits per heavy atom. The molecule has 8 heteroatoms. The molecule has 0 unspecified atom stereocenters. The number of carbonyl (C=O) groups excluding carboxylic acids is 4. The Bertz CT molecular complexity index is 1220. The number of imide groups is 1. The van der Waals surface area contributed by atoms with Crippen molar-refractivity contribution >= 4 is 23.7 Å². The molecular weight excluding hydrogens is 436 g/mol. The summed E-state index contributed by atoms with van der Waals surface area (Å²) in [5.41, 5.74) is 2.25. The molecule has 3 aromatic carbocycles. The van der Waals surface area contributed by atoms with E-state index in [0.717, 1.165) is 10.5 Å². The molecule has 1 heterocycles. The summed E-state index contributed by atoms with van der Waals surface area (Å²) < 4.78 is 10.4. The van der Waals surface area contributed by atoms with Gasteiger partial charge in [-0.05, 0) is 35.4 Å². The van der Waals surface area contributed by atoms with Gasteiger partial charge in [0.2, 0.25) is 0 Å². The minimum Gasteiger partial charge on any atom is -0.496 e. The summed E-state index contributed by atoms with van der Waals surface area (Å²) in [7, 11) is 1.41. The number of amides is 3. The molecule has 0 bridgehead atoms. The molecule has 0 aromatic heterocycles. The minimum absolute atomic E-state index is 0.0197. The molecule has 1 aliphatic heterocycles. The van der Waals surface area contributed by atoms with Gasteiger partial charge in [-0.2, -0.15) is 0 Å². The molecule has 4 rings (SSSR count). The molecule has 3 amide bonds. The van der Waals surface area contributed by atoms with Gasteiger partial charge in [0.1, 0.15) is 11.3 Å². The molecule has 0 radical (unpaired) electrons. The van der Waals surface area contributed by atoms with E-state index in [1.165, 1.54) is 13.2 Å². The lowest BCUT2D eigenvalue weighted by Crippen LogP contribution is -2.29. The van der Waals surface area contributed by atoms with Gasteiger partial charge in [0.05, 0.1) is 24.8 Å². The van der Waals surface area contributed by atoms with E-state index in [9.17, 15) is 19.2 Å². The summed E-state index contributed by atoms with van der Waals surface area (Å²) in [6, 6.07) is 20.7. The van der Waals surface area contributed by atoms with Crippen LogP contribution in [0, 0.1) is 0 Å². The lowest BCUT2D eigenvalue weighted by molar-refractivity contribution is -0.124. The van der Waals surface area contributed by atoms with Crippen molar-refractivity contribution in [2.45, 2.75) is 13.1 Å². The normalized spacial score (nSPS) is 12.3. The van der Waals surface area contributed by atoms with Crippen molar-refractivity contribution in [3.63, 3.8) is 0 Å². The van der Waals surface area contributed by atoms with E-state index in [-0.39, 0.29) is 17.9 Å². The van der Waals surface area contributed by atoms with Gasteiger partial charge in [-0.15, -0.1) is 0 Å². The first-order valence-corrected chi connectivity index (χ1v) is 10.6. The zero-order valence-corrected chi connectivity index (χ0v) is 18.4. The number of hydrogen-bond acceptors (Lipinski definition) is 6. The monoisotopic (exact) mass is 458 g/mol. The molecule has 0 fully saturated rings. The Labute approximate surface area is 196 Å². The number of ether oxygens (including phenoxy) is 2. The minimum atomic E-state index is -0.754. The average molecular weight is 458 g/mol. The largest absolute Gasteiger partial charge is 0.496 e. The fraction of sp³-hybridized carbons (Fsp3) is 0.154. The van der Waals surface area contributed by atoms with Crippen molar-refractivity contribution in [2.75, 3.05) is 13.7 Å². The van der Waals surface area contributed by atoms with E-state index < -0.39 is 30.3 Å². The highest BCUT2D eigenvalue weighted by Crippen LogP contribution is 2.26. The molecule has 0 aliphatic carbocycles. The number of rotatable bonds is 8. The number of methoxy groups -OCH3 is 1. The van der Waals surface area contributed by atoms with E-state index in [4.69, 9.17) is 9.47 Å². The summed E-state index contributed by atoms with van der Waals surface area (Å²) in [5.74, 6) is -1.73. The second kappa shape index (κ2) is 9.99. The van der Waals surface area contributed by atoms with Crippen molar-refractivity contribution in [3.8, 4) is 5.75 Å². The van der Waals surface area contributed by atoms with Gasteiger partial charge in [-0.1, -0.05) is 48.5 Å². The topological polar surface area (TPSA) is 102 Å². The van der Waals surface area contributed by atoms with Crippen molar-refractivity contribution in [1.29, 1.82) is 0 Å². The van der Waals surface area contributed by atoms with Gasteiger partial charge in [-0.25, -0.2) is 4.79 Å². The lowest BCUT2D eigenvalue weighted by atomic mass is 10.1. The zero-order valence-electron chi connectivity index (χ0n) is 18.4. The highest BCUT2D eigenvalue weighted by Gasteiger charge is 2.35. The zero-order chi connectivity index (χ0) is 24.1. The van der Waals surface area contributed by atoms with E-state index in [1.807, 2.05) is 30.3 Å². The van der Waals surface area contributed by atoms with E-state index in [2.05, 4.69) is 5.32 Å². The van der Waals surface area contributed by atoms with Crippen molar-refractivity contribution < 1.29 is 28.7 Å². The van der Waals surface area contributed by atoms with Crippen LogP contribution in [0.15, 0.2) is 72.8 Å². The summed E-state index contributed by atoms with van der Waals surface area (Å²) >= 11 is 0. The number of benzene rings is 3. The third-order valence-corrected chi connectivity index (χ3v) is 5.37. The number of carbonyl (C=O) groups is 4. The van der Waals surface area contributed by atoms with Gasteiger partial charge in [0.15, 0.2) is 6.61 Å². The Morgan fingerprint density at radius 1 is 0.853 bits per heavy atom. The van der Waals surface area contributed by atoms with Crippen LogP contribution in [0.2, 0.25) is 0 Å². The summed E-state index contributed by atoms with van der Waals surface area (Å²) in [5, 5.41) is 2.68. The highest BCUT2D eigenvalue weighted by molar-refractivity contribution is 6.21. The quantitative estimate of drug-likeness (QED) is 0.411. The molecule has 3 aromatic rings. The lowest BCUT2D eigenvalue weighted by Gasteiger charge is -2.16. The molecule has 172 valence electrons. The molecule has 0 saturated heterocycles. The summed E-state index contributed by atoms with van der Waals surface area (Å²) in [6.45, 7) is -0.165. The number of hydrogen-bond donors (Lipinski definition) is 1. The Balaban J connectivity index is 1.41. The predicted molar refractivity (Wildman–Crippen MR) is 122 cm³/mol. The van der Waals surface area contributed by atoms with Crippen LogP contribution in [-0.4, -0.2) is 42.3 Å². The third kappa shape index (κ3) is 4.80. The highest BCUT2D eigenvalue weighted by atomic mass is 16.5. The smallest absolute Gasteiger partial charge is 0.342 e. The Hall–Kier alpha value is -4.46. The second-order valence-corrected chi connectivity index (χ2v) is 7.62. The standard InChI is InChI=1S/C26H22N2O6/c1-33-22-12-11-18(15-28-24(30)19-9-5-6-10-20(19)25(28)31)13-21(22)26(32)34-16-23(29)27-14-17-7-3-2-4-8-17/h2-13H,14-16H2,1H3,(H,27,29). The number of esters is 1. The molecule has 34 heavy (non-hydrogen) atoms. The van der Waals surface area contributed by atoms with Gasteiger partial charge >= 0.3 is 5.97 Å². The van der Waals surface area contributed by atoms with Crippen LogP contribution >= 0.6 is 0 Å². The molecule has 1 aliphatic rings. The molecule has 0 atom stereocenters. The maximum absolute atomic E-state index is 12.7. The van der Waals surface area contributed by atoms with Crippen molar-refractivity contribution in [2.24, 2.45) is 0 Å². The van der Waals surface area contributed by atoms with Crippen LogP contribution in [0.1, 0.15) is 42.2 Å². The Kier molecular flexibility index (Phi) is 6.68. The number of nitrogens with one attached hydrogen (secondary N) is 1. The predicted octanol–water partition coefficient (Wildman–Crippen LogP) is 2.96. The van der Waals surface area contributed by atoms with Gasteiger partial charge in [-0.3, -0.25) is 19.3 Å². The molecule has 0 saturated carbocycles. The Morgan fingerprint density at radius 2 is 1.50 bits per heavy atom. The SMILES string of the molecule is COc1ccc(CN2C(=O)c3ccccc3C2=O)cc1C(=O)OCC(=O)NCc1ccccc1. The van der Waals surface area contributed by atoms with Gasteiger partial charge in [0.25, 0.3) is 17.7 Å². The van der Waals surface area contributed by atoms with Crippen LogP contribution in [-0.2, 0) is 22.6 Å². The van der Waals surface area contributed by atoms with Crippen LogP contribution in [0.25, 0.3) is 0 Å². The van der Waals surface area contributed by atoms with Crippen molar-refractivity contribution in [3.05, 3.63) is 101 Å². The van der Waals surface area contributed by atoms with Crippen LogP contribution in [0.3, 0.4) is 0 Å². The summed E-state index contributed by atoms with van der Waals surface area (Å²) in [6.07, 6.45) is 0. The van der Waals surface area contributed by atoms with Gasteiger partial charge < -0.3 is 14.8 Å². The van der Waals surface area contributed by atoms with Gasteiger partial charge in [0, 0.05) is 6.54 Å². The van der Waals surface area contributed by atoms with Crippen LogP contribution in [0.4, 0.5) is 0 Å². The molecular formula is C26H22N2O6. The maximum Gasteiger partial charge on any atom is 0.342 e. The first-order valence-electron chi connectivity index (χ1n) is 10.6.